The SMILES string of the molecule is CC1=C(c2cc3ccc(-c4ccccc4)cc3c3cc(-c4cccc5oc6ccccc6c45)ccc23)N=C(c2cccc3c2-c2ccccc2C3(C)C)CC=C1c1cccc2oc3ccccc3c12. The van der Waals surface area contributed by atoms with Crippen LogP contribution in [0, 0.1) is 0 Å². The van der Waals surface area contributed by atoms with Gasteiger partial charge in [0.1, 0.15) is 22.3 Å². The third kappa shape index (κ3) is 5.96. The predicted molar refractivity (Wildman–Crippen MR) is 289 cm³/mol. The Labute approximate surface area is 400 Å². The summed E-state index contributed by atoms with van der Waals surface area (Å²) in [6, 6.07) is 72.5. The lowest BCUT2D eigenvalue weighted by Crippen LogP contribution is -2.15. The van der Waals surface area contributed by atoms with E-state index in [1.807, 2.05) is 12.1 Å². The minimum Gasteiger partial charge on any atom is -0.456 e. The number of nitrogens with zero attached hydrogens (tertiary/aromatic N) is 1. The van der Waals surface area contributed by atoms with Crippen molar-refractivity contribution in [3.05, 3.63) is 240 Å². The maximum Gasteiger partial charge on any atom is 0.136 e. The molecule has 2 aliphatic rings. The highest BCUT2D eigenvalue weighted by Crippen LogP contribution is 2.51. The molecule has 12 aromatic rings. The van der Waals surface area contributed by atoms with Crippen LogP contribution in [0.15, 0.2) is 226 Å². The van der Waals surface area contributed by atoms with Crippen molar-refractivity contribution in [2.24, 2.45) is 4.99 Å². The van der Waals surface area contributed by atoms with Crippen LogP contribution in [0.25, 0.3) is 110 Å². The van der Waals surface area contributed by atoms with Gasteiger partial charge >= 0.3 is 0 Å². The molecule has 0 unspecified atom stereocenters. The molecule has 1 aliphatic heterocycles. The van der Waals surface area contributed by atoms with Crippen molar-refractivity contribution in [1.29, 1.82) is 0 Å². The van der Waals surface area contributed by atoms with E-state index in [2.05, 4.69) is 215 Å². The van der Waals surface area contributed by atoms with Gasteiger partial charge in [-0.2, -0.15) is 0 Å². The fourth-order valence-electron chi connectivity index (χ4n) is 11.8. The van der Waals surface area contributed by atoms with Gasteiger partial charge in [0, 0.05) is 44.5 Å². The molecule has 2 aromatic heterocycles. The highest BCUT2D eigenvalue weighted by Gasteiger charge is 2.37. The highest BCUT2D eigenvalue weighted by atomic mass is 16.3. The maximum atomic E-state index is 6.52. The molecule has 10 aromatic carbocycles. The number of allylic oxidation sites excluding steroid dienone is 3. The zero-order chi connectivity index (χ0) is 46.0. The maximum absolute atomic E-state index is 6.52. The highest BCUT2D eigenvalue weighted by molar-refractivity contribution is 6.20. The van der Waals surface area contributed by atoms with Gasteiger partial charge in [-0.3, -0.25) is 4.99 Å². The Morgan fingerprint density at radius 2 is 1.01 bits per heavy atom. The summed E-state index contributed by atoms with van der Waals surface area (Å²) in [5.41, 5.74) is 21.1. The number of hydrogen-bond donors (Lipinski definition) is 0. The molecule has 0 bridgehead atoms. The molecule has 0 saturated heterocycles. The van der Waals surface area contributed by atoms with Gasteiger partial charge in [-0.25, -0.2) is 0 Å². The van der Waals surface area contributed by atoms with E-state index in [-0.39, 0.29) is 5.41 Å². The summed E-state index contributed by atoms with van der Waals surface area (Å²) >= 11 is 0. The summed E-state index contributed by atoms with van der Waals surface area (Å²) in [5, 5.41) is 9.17. The zero-order valence-electron chi connectivity index (χ0n) is 38.6. The largest absolute Gasteiger partial charge is 0.456 e. The van der Waals surface area contributed by atoms with Crippen LogP contribution in [0.2, 0.25) is 0 Å². The van der Waals surface area contributed by atoms with Crippen molar-refractivity contribution in [1.82, 2.24) is 0 Å². The topological polar surface area (TPSA) is 38.6 Å². The smallest absolute Gasteiger partial charge is 0.136 e. The number of aliphatic imine (C=N–C) groups is 1. The Balaban J connectivity index is 1.06. The van der Waals surface area contributed by atoms with Gasteiger partial charge in [0.25, 0.3) is 0 Å². The second-order valence-corrected chi connectivity index (χ2v) is 19.3. The van der Waals surface area contributed by atoms with Gasteiger partial charge in [0.2, 0.25) is 0 Å². The Morgan fingerprint density at radius 3 is 1.80 bits per heavy atom. The lowest BCUT2D eigenvalue weighted by atomic mass is 9.82. The predicted octanol–water partition coefficient (Wildman–Crippen LogP) is 18.1. The first-order valence-electron chi connectivity index (χ1n) is 24.0. The Kier molecular flexibility index (Phi) is 8.61. The first kappa shape index (κ1) is 39.6. The monoisotopic (exact) mass is 883 g/mol. The molecule has 0 fully saturated rings. The quantitative estimate of drug-likeness (QED) is 0.162. The van der Waals surface area contributed by atoms with Crippen LogP contribution in [-0.4, -0.2) is 5.71 Å². The van der Waals surface area contributed by atoms with Crippen LogP contribution in [0.3, 0.4) is 0 Å². The van der Waals surface area contributed by atoms with Gasteiger partial charge in [0.15, 0.2) is 0 Å². The molecule has 3 heterocycles. The average Bonchev–Trinajstić information content (AvgIpc) is 4.00. The molecule has 0 atom stereocenters. The minimum atomic E-state index is -0.140. The molecular weight excluding hydrogens is 839 g/mol. The van der Waals surface area contributed by atoms with E-state index >= 15 is 0 Å². The summed E-state index contributed by atoms with van der Waals surface area (Å²) in [6.07, 6.45) is 3.08. The first-order chi connectivity index (χ1) is 33.9. The summed E-state index contributed by atoms with van der Waals surface area (Å²) < 4.78 is 12.9. The van der Waals surface area contributed by atoms with Crippen LogP contribution in [0.1, 0.15) is 55.0 Å². The molecule has 3 heteroatoms. The van der Waals surface area contributed by atoms with Crippen LogP contribution in [0.5, 0.6) is 0 Å². The summed E-state index contributed by atoms with van der Waals surface area (Å²) in [5.74, 6) is 0. The first-order valence-corrected chi connectivity index (χ1v) is 24.0. The van der Waals surface area contributed by atoms with E-state index in [1.165, 1.54) is 49.7 Å². The van der Waals surface area contributed by atoms with Crippen molar-refractivity contribution in [3.8, 4) is 33.4 Å². The molecule has 0 N–H and O–H groups in total. The second kappa shape index (κ2) is 15.0. The molecule has 3 nitrogen and oxygen atoms in total. The van der Waals surface area contributed by atoms with Gasteiger partial charge in [-0.1, -0.05) is 178 Å². The van der Waals surface area contributed by atoms with Crippen molar-refractivity contribution in [2.75, 3.05) is 0 Å². The minimum absolute atomic E-state index is 0.140. The van der Waals surface area contributed by atoms with Crippen molar-refractivity contribution < 1.29 is 8.83 Å². The summed E-state index contributed by atoms with van der Waals surface area (Å²) in [6.45, 7) is 6.98. The molecule has 1 aliphatic carbocycles. The third-order valence-electron chi connectivity index (χ3n) is 15.1. The summed E-state index contributed by atoms with van der Waals surface area (Å²) in [7, 11) is 0. The average molecular weight is 884 g/mol. The van der Waals surface area contributed by atoms with Gasteiger partial charge < -0.3 is 8.83 Å². The molecule has 0 radical (unpaired) electrons. The number of hydrogen-bond acceptors (Lipinski definition) is 3. The fraction of sp³-hybridized carbons (Fsp3) is 0.0758. The standard InChI is InChI=1S/C66H45NO2/c1-39-44(47-22-15-29-61-64(47)51-20-9-12-27-59(51)69-61)34-35-57(49-23-13-25-56-62(49)48-18-7-10-24-55(48)66(56,2)3)67-65(39)54-38-43-31-30-41(40-16-5-4-6-17-40)36-52(43)53-37-42(32-33-46(53)54)45-21-14-28-60-63(45)50-19-8-11-26-58(50)68-60/h4-34,36-38H,35H2,1-3H3. The number of para-hydroxylation sites is 2. The normalized spacial score (nSPS) is 14.5. The Morgan fingerprint density at radius 1 is 0.420 bits per heavy atom. The van der Waals surface area contributed by atoms with Crippen LogP contribution < -0.4 is 0 Å². The Bertz CT molecular complexity index is 4250. The molecule has 0 saturated carbocycles. The molecule has 69 heavy (non-hydrogen) atoms. The van der Waals surface area contributed by atoms with Crippen molar-refractivity contribution in [3.63, 3.8) is 0 Å². The van der Waals surface area contributed by atoms with E-state index in [1.54, 1.807) is 0 Å². The molecule has 326 valence electrons. The molecular formula is C66H45NO2. The molecule has 14 rings (SSSR count). The number of rotatable bonds is 5. The lowest BCUT2D eigenvalue weighted by molar-refractivity contribution is 0.660. The lowest BCUT2D eigenvalue weighted by Gasteiger charge is -2.21. The van der Waals surface area contributed by atoms with Gasteiger partial charge in [-0.05, 0) is 132 Å². The summed E-state index contributed by atoms with van der Waals surface area (Å²) in [4.78, 5) is 5.98. The number of fused-ring (bicyclic) bond motifs is 12. The zero-order valence-corrected chi connectivity index (χ0v) is 38.6. The fourth-order valence-corrected chi connectivity index (χ4v) is 11.8. The molecule has 0 amide bonds. The van der Waals surface area contributed by atoms with E-state index in [4.69, 9.17) is 13.8 Å². The third-order valence-corrected chi connectivity index (χ3v) is 15.1. The number of benzene rings is 10. The van der Waals surface area contributed by atoms with Gasteiger partial charge in [0.05, 0.1) is 11.4 Å². The molecule has 0 spiro atoms. The van der Waals surface area contributed by atoms with E-state index in [0.29, 0.717) is 6.42 Å². The van der Waals surface area contributed by atoms with E-state index in [0.717, 1.165) is 99.5 Å². The Hall–Kier alpha value is -8.53. The second-order valence-electron chi connectivity index (χ2n) is 19.3. The van der Waals surface area contributed by atoms with Crippen LogP contribution in [0.4, 0.5) is 0 Å². The van der Waals surface area contributed by atoms with Crippen molar-refractivity contribution in [2.45, 2.75) is 32.6 Å². The van der Waals surface area contributed by atoms with Crippen LogP contribution in [-0.2, 0) is 5.41 Å². The van der Waals surface area contributed by atoms with Crippen molar-refractivity contribution >= 4 is 82.4 Å². The van der Waals surface area contributed by atoms with E-state index < -0.39 is 0 Å². The van der Waals surface area contributed by atoms with Gasteiger partial charge in [-0.15, -0.1) is 0 Å². The van der Waals surface area contributed by atoms with E-state index in [9.17, 15) is 0 Å². The van der Waals surface area contributed by atoms with Crippen LogP contribution >= 0.6 is 0 Å². The number of furan rings is 2.